The van der Waals surface area contributed by atoms with Crippen LogP contribution < -0.4 is 10.5 Å². The second-order valence-corrected chi connectivity index (χ2v) is 4.12. The van der Waals surface area contributed by atoms with Gasteiger partial charge >= 0.3 is 0 Å². The maximum Gasteiger partial charge on any atom is 0.217 e. The fraction of sp³-hybridized carbons (Fsp3) is 0.500. The van der Waals surface area contributed by atoms with Crippen molar-refractivity contribution >= 4 is 5.91 Å². The molecule has 1 amide bonds. The van der Waals surface area contributed by atoms with E-state index in [4.69, 9.17) is 4.74 Å². The van der Waals surface area contributed by atoms with Gasteiger partial charge in [-0.15, -0.1) is 0 Å². The number of hydrogen-bond acceptors (Lipinski definition) is 2. The van der Waals surface area contributed by atoms with Crippen LogP contribution in [0.15, 0.2) is 18.2 Å². The fourth-order valence-electron chi connectivity index (χ4n) is 1.94. The van der Waals surface area contributed by atoms with E-state index in [9.17, 15) is 4.79 Å². The van der Waals surface area contributed by atoms with Crippen molar-refractivity contribution in [2.45, 2.75) is 39.0 Å². The number of carbonyl (C=O) groups is 1. The molecule has 0 atom stereocenters. The quantitative estimate of drug-likeness (QED) is 0.856. The first-order valence-corrected chi connectivity index (χ1v) is 6.12. The molecule has 0 spiro atoms. The Morgan fingerprint density at radius 3 is 2.59 bits per heavy atom. The Kier molecular flexibility index (Phi) is 5.53. The molecular weight excluding hydrogens is 214 g/mol. The van der Waals surface area contributed by atoms with Gasteiger partial charge in [0.05, 0.1) is 7.11 Å². The van der Waals surface area contributed by atoms with E-state index in [0.717, 1.165) is 5.75 Å². The van der Waals surface area contributed by atoms with E-state index in [1.165, 1.54) is 36.8 Å². The number of rotatable bonds is 2. The third kappa shape index (κ3) is 4.10. The first-order chi connectivity index (χ1) is 8.19. The zero-order valence-electron chi connectivity index (χ0n) is 10.7. The Morgan fingerprint density at radius 1 is 1.35 bits per heavy atom. The molecule has 17 heavy (non-hydrogen) atoms. The van der Waals surface area contributed by atoms with Crippen molar-refractivity contribution in [1.82, 2.24) is 0 Å². The van der Waals surface area contributed by atoms with Crippen LogP contribution in [-0.4, -0.2) is 13.0 Å². The zero-order valence-corrected chi connectivity index (χ0v) is 10.7. The molecule has 0 fully saturated rings. The molecule has 3 nitrogen and oxygen atoms in total. The number of primary amides is 1. The monoisotopic (exact) mass is 235 g/mol. The predicted molar refractivity (Wildman–Crippen MR) is 69.1 cm³/mol. The molecule has 0 heterocycles. The van der Waals surface area contributed by atoms with Gasteiger partial charge < -0.3 is 10.5 Å². The van der Waals surface area contributed by atoms with Gasteiger partial charge in [0.1, 0.15) is 5.75 Å². The number of fused-ring (bicyclic) bond motifs is 1. The number of hydrogen-bond donors (Lipinski definition) is 1. The Morgan fingerprint density at radius 2 is 2.00 bits per heavy atom. The second-order valence-electron chi connectivity index (χ2n) is 4.12. The number of ether oxygens (including phenoxy) is 1. The van der Waals surface area contributed by atoms with Crippen LogP contribution in [-0.2, 0) is 17.6 Å². The average molecular weight is 235 g/mol. The van der Waals surface area contributed by atoms with Crippen LogP contribution in [0.1, 0.15) is 37.3 Å². The number of carbonyl (C=O) groups excluding carboxylic acids is 1. The maximum atomic E-state index is 9.59. The topological polar surface area (TPSA) is 52.3 Å². The van der Waals surface area contributed by atoms with Crippen molar-refractivity contribution in [2.75, 3.05) is 7.11 Å². The summed E-state index contributed by atoms with van der Waals surface area (Å²) < 4.78 is 5.31. The summed E-state index contributed by atoms with van der Waals surface area (Å²) in [4.78, 5) is 9.59. The summed E-state index contributed by atoms with van der Waals surface area (Å²) >= 11 is 0. The summed E-state index contributed by atoms with van der Waals surface area (Å²) in [6.07, 6.45) is 5.51. The third-order valence-corrected chi connectivity index (χ3v) is 2.92. The number of nitrogens with two attached hydrogens (primary N) is 1. The summed E-state index contributed by atoms with van der Waals surface area (Å²) in [6, 6.07) is 6.37. The summed E-state index contributed by atoms with van der Waals surface area (Å²) in [5, 5.41) is 0. The highest BCUT2D eigenvalue weighted by molar-refractivity contribution is 5.73. The van der Waals surface area contributed by atoms with Crippen molar-refractivity contribution in [2.24, 2.45) is 5.73 Å². The van der Waals surface area contributed by atoms with E-state index in [0.29, 0.717) is 6.42 Å². The van der Waals surface area contributed by atoms with Crippen LogP contribution in [0.4, 0.5) is 0 Å². The van der Waals surface area contributed by atoms with Gasteiger partial charge in [0, 0.05) is 6.42 Å². The van der Waals surface area contributed by atoms with Crippen LogP contribution >= 0.6 is 0 Å². The zero-order chi connectivity index (χ0) is 12.7. The Hall–Kier alpha value is -1.51. The molecule has 2 rings (SSSR count). The molecule has 1 aromatic carbocycles. The molecule has 2 N–H and O–H groups in total. The lowest BCUT2D eigenvalue weighted by Gasteiger charge is -2.17. The lowest BCUT2D eigenvalue weighted by Crippen LogP contribution is -2.06. The SMILES string of the molecule is CCC(N)=O.COc1cccc2c1CCCC2. The molecule has 0 aromatic heterocycles. The summed E-state index contributed by atoms with van der Waals surface area (Å²) in [5.74, 6) is 0.831. The normalized spacial score (nSPS) is 13.1. The lowest BCUT2D eigenvalue weighted by molar-refractivity contribution is -0.117. The minimum absolute atomic E-state index is 0.245. The molecule has 0 radical (unpaired) electrons. The van der Waals surface area contributed by atoms with Crippen molar-refractivity contribution in [1.29, 1.82) is 0 Å². The van der Waals surface area contributed by atoms with Gasteiger partial charge in [0.2, 0.25) is 5.91 Å². The lowest BCUT2D eigenvalue weighted by atomic mass is 9.91. The van der Waals surface area contributed by atoms with Crippen LogP contribution in [0.5, 0.6) is 5.75 Å². The largest absolute Gasteiger partial charge is 0.496 e. The maximum absolute atomic E-state index is 9.59. The summed E-state index contributed by atoms with van der Waals surface area (Å²) in [5.41, 5.74) is 7.58. The van der Waals surface area contributed by atoms with Crippen molar-refractivity contribution in [3.63, 3.8) is 0 Å². The standard InChI is InChI=1S/C11H14O.C3H7NO/c1-12-11-8-4-6-9-5-2-3-7-10(9)11;1-2-3(4)5/h4,6,8H,2-3,5,7H2,1H3;2H2,1H3,(H2,4,5). The molecule has 0 unspecified atom stereocenters. The van der Waals surface area contributed by atoms with Gasteiger partial charge in [0.15, 0.2) is 0 Å². The Balaban J connectivity index is 0.000000249. The Labute approximate surface area is 103 Å². The van der Waals surface area contributed by atoms with Crippen molar-refractivity contribution in [3.05, 3.63) is 29.3 Å². The molecular formula is C14H21NO2. The molecule has 0 bridgehead atoms. The van der Waals surface area contributed by atoms with E-state index >= 15 is 0 Å². The van der Waals surface area contributed by atoms with E-state index < -0.39 is 0 Å². The molecule has 1 aliphatic carbocycles. The van der Waals surface area contributed by atoms with E-state index in [1.54, 1.807) is 14.0 Å². The molecule has 1 aromatic rings. The van der Waals surface area contributed by atoms with Gasteiger partial charge in [-0.25, -0.2) is 0 Å². The molecule has 3 heteroatoms. The first kappa shape index (κ1) is 13.6. The van der Waals surface area contributed by atoms with Gasteiger partial charge in [-0.1, -0.05) is 19.1 Å². The highest BCUT2D eigenvalue weighted by Crippen LogP contribution is 2.28. The number of methoxy groups -OCH3 is 1. The fourth-order valence-corrected chi connectivity index (χ4v) is 1.94. The molecule has 94 valence electrons. The van der Waals surface area contributed by atoms with Crippen molar-refractivity contribution < 1.29 is 9.53 Å². The molecule has 0 saturated carbocycles. The van der Waals surface area contributed by atoms with E-state index in [-0.39, 0.29) is 5.91 Å². The van der Waals surface area contributed by atoms with Gasteiger partial charge in [-0.2, -0.15) is 0 Å². The third-order valence-electron chi connectivity index (χ3n) is 2.92. The molecule has 1 aliphatic rings. The van der Waals surface area contributed by atoms with E-state index in [2.05, 4.69) is 23.9 Å². The predicted octanol–water partition coefficient (Wildman–Crippen LogP) is 2.46. The van der Waals surface area contributed by atoms with Crippen molar-refractivity contribution in [3.8, 4) is 5.75 Å². The van der Waals surface area contributed by atoms with Gasteiger partial charge in [-0.05, 0) is 42.9 Å². The number of benzene rings is 1. The number of aryl methyl sites for hydroxylation is 1. The highest BCUT2D eigenvalue weighted by atomic mass is 16.5. The number of amides is 1. The molecule has 0 saturated heterocycles. The van der Waals surface area contributed by atoms with Crippen LogP contribution in [0.25, 0.3) is 0 Å². The minimum atomic E-state index is -0.245. The van der Waals surface area contributed by atoms with Crippen LogP contribution in [0, 0.1) is 0 Å². The Bertz CT molecular complexity index is 360. The smallest absolute Gasteiger partial charge is 0.217 e. The summed E-state index contributed by atoms with van der Waals surface area (Å²) in [6.45, 7) is 1.72. The van der Waals surface area contributed by atoms with Crippen LogP contribution in [0.3, 0.4) is 0 Å². The average Bonchev–Trinajstić information content (AvgIpc) is 2.38. The second kappa shape index (κ2) is 6.94. The molecule has 0 aliphatic heterocycles. The van der Waals surface area contributed by atoms with Gasteiger partial charge in [0.25, 0.3) is 0 Å². The van der Waals surface area contributed by atoms with E-state index in [1.807, 2.05) is 0 Å². The highest BCUT2D eigenvalue weighted by Gasteiger charge is 2.12. The minimum Gasteiger partial charge on any atom is -0.496 e. The van der Waals surface area contributed by atoms with Gasteiger partial charge in [-0.3, -0.25) is 4.79 Å². The first-order valence-electron chi connectivity index (χ1n) is 6.12. The summed E-state index contributed by atoms with van der Waals surface area (Å²) in [7, 11) is 1.75. The van der Waals surface area contributed by atoms with Crippen LogP contribution in [0.2, 0.25) is 0 Å².